The van der Waals surface area contributed by atoms with Crippen LogP contribution in [0.2, 0.25) is 5.02 Å². The van der Waals surface area contributed by atoms with Crippen molar-refractivity contribution >= 4 is 39.5 Å². The van der Waals surface area contributed by atoms with Gasteiger partial charge in [-0.05, 0) is 55.5 Å². The lowest BCUT2D eigenvalue weighted by atomic mass is 9.90. The van der Waals surface area contributed by atoms with Crippen LogP contribution in [0.3, 0.4) is 0 Å². The van der Waals surface area contributed by atoms with Gasteiger partial charge in [0.25, 0.3) is 0 Å². The van der Waals surface area contributed by atoms with Crippen molar-refractivity contribution in [1.29, 1.82) is 0 Å². The Morgan fingerprint density at radius 2 is 1.82 bits per heavy atom. The number of morpholine rings is 1. The molecule has 1 aliphatic heterocycles. The zero-order valence-electron chi connectivity index (χ0n) is 21.7. The highest BCUT2D eigenvalue weighted by Crippen LogP contribution is 2.37. The molecule has 0 unspecified atom stereocenters. The highest BCUT2D eigenvalue weighted by atomic mass is 35.5. The van der Waals surface area contributed by atoms with Crippen molar-refractivity contribution in [2.24, 2.45) is 0 Å². The Labute approximate surface area is 231 Å². The molecule has 0 amide bonds. The van der Waals surface area contributed by atoms with E-state index in [9.17, 15) is 0 Å². The fourth-order valence-corrected chi connectivity index (χ4v) is 6.41. The summed E-state index contributed by atoms with van der Waals surface area (Å²) in [6.45, 7) is 3.74. The molecule has 7 rings (SSSR count). The van der Waals surface area contributed by atoms with Crippen LogP contribution in [0.15, 0.2) is 48.8 Å². The Bertz CT molecular complexity index is 1630. The molecular weight excluding hydrogens is 512 g/mol. The minimum atomic E-state index is 0.285. The van der Waals surface area contributed by atoms with Crippen molar-refractivity contribution in [2.45, 2.75) is 44.2 Å². The quantitative estimate of drug-likeness (QED) is 0.321. The number of ether oxygens (including phenoxy) is 1. The number of nitrogens with zero attached hydrogens (tertiary/aromatic N) is 6. The van der Waals surface area contributed by atoms with Crippen LogP contribution in [-0.4, -0.2) is 67.0 Å². The first-order valence-corrected chi connectivity index (χ1v) is 14.0. The van der Waals surface area contributed by atoms with Crippen LogP contribution >= 0.6 is 11.6 Å². The van der Waals surface area contributed by atoms with Crippen LogP contribution in [0.1, 0.15) is 43.1 Å². The zero-order valence-corrected chi connectivity index (χ0v) is 22.4. The number of rotatable bonds is 5. The van der Waals surface area contributed by atoms with E-state index in [0.717, 1.165) is 102 Å². The van der Waals surface area contributed by atoms with E-state index in [2.05, 4.69) is 42.7 Å². The van der Waals surface area contributed by atoms with E-state index in [1.807, 2.05) is 24.3 Å². The number of halogens is 1. The zero-order chi connectivity index (χ0) is 26.3. The van der Waals surface area contributed by atoms with E-state index in [1.54, 1.807) is 6.33 Å². The standard InChI is InChI=1S/C29H31ClN8O/c30-20-3-1-2-18(14-20)15-25-34-23-9-4-19(16-24(23)35-25)27-26-28(31)32-17-33-29(26)38(36-27)22-7-5-21(6-8-22)37-10-12-39-13-11-37/h1-4,9,14,16-17,21-22H,5-8,10-13,15H2,(H,34,35)(H2,31,32,33)/t21-,22-. The minimum Gasteiger partial charge on any atom is -0.383 e. The number of fused-ring (bicyclic) bond motifs is 2. The normalized spacial score (nSPS) is 20.6. The van der Waals surface area contributed by atoms with Gasteiger partial charge in [0.2, 0.25) is 0 Å². The Kier molecular flexibility index (Phi) is 6.42. The molecular formula is C29H31ClN8O. The van der Waals surface area contributed by atoms with Crippen molar-refractivity contribution in [3.8, 4) is 11.3 Å². The SMILES string of the molecule is Nc1ncnc2c1c(-c1ccc3nc(Cc4cccc(Cl)c4)[nH]c3c1)nn2[C@H]1CC[C@H](N2CCOCC2)CC1. The van der Waals surface area contributed by atoms with Crippen LogP contribution in [0, 0.1) is 0 Å². The van der Waals surface area contributed by atoms with E-state index < -0.39 is 0 Å². The topological polar surface area (TPSA) is 111 Å². The maximum Gasteiger partial charge on any atom is 0.164 e. The fraction of sp³-hybridized carbons (Fsp3) is 0.379. The summed E-state index contributed by atoms with van der Waals surface area (Å²) in [4.78, 5) is 19.8. The summed E-state index contributed by atoms with van der Waals surface area (Å²) in [6.07, 6.45) is 6.65. The summed E-state index contributed by atoms with van der Waals surface area (Å²) >= 11 is 6.17. The average Bonchev–Trinajstić information content (AvgIpc) is 3.55. The summed E-state index contributed by atoms with van der Waals surface area (Å²) in [6, 6.07) is 14.9. The molecule has 5 aromatic rings. The molecule has 2 fully saturated rings. The molecule has 4 heterocycles. The lowest BCUT2D eigenvalue weighted by Crippen LogP contribution is -2.45. The first-order chi connectivity index (χ1) is 19.1. The maximum atomic E-state index is 6.42. The molecule has 3 N–H and O–H groups in total. The Hall–Kier alpha value is -3.53. The van der Waals surface area contributed by atoms with Crippen LogP contribution in [-0.2, 0) is 11.2 Å². The van der Waals surface area contributed by atoms with Gasteiger partial charge in [-0.1, -0.05) is 29.8 Å². The highest BCUT2D eigenvalue weighted by molar-refractivity contribution is 6.30. The van der Waals surface area contributed by atoms with Gasteiger partial charge in [0.1, 0.15) is 23.7 Å². The number of hydrogen-bond acceptors (Lipinski definition) is 7. The van der Waals surface area contributed by atoms with Crippen molar-refractivity contribution in [3.05, 3.63) is 65.2 Å². The molecule has 0 atom stereocenters. The second-order valence-corrected chi connectivity index (χ2v) is 11.0. The Morgan fingerprint density at radius 3 is 2.64 bits per heavy atom. The number of nitrogen functional groups attached to an aromatic ring is 1. The molecule has 0 spiro atoms. The van der Waals surface area contributed by atoms with E-state index in [1.165, 1.54) is 0 Å². The largest absolute Gasteiger partial charge is 0.383 e. The lowest BCUT2D eigenvalue weighted by molar-refractivity contribution is 0.00520. The number of hydrogen-bond donors (Lipinski definition) is 2. The molecule has 0 bridgehead atoms. The van der Waals surface area contributed by atoms with Gasteiger partial charge in [0.15, 0.2) is 5.65 Å². The Morgan fingerprint density at radius 1 is 1.00 bits per heavy atom. The summed E-state index contributed by atoms with van der Waals surface area (Å²) in [5.74, 6) is 1.34. The molecule has 2 aromatic carbocycles. The average molecular weight is 543 g/mol. The summed E-state index contributed by atoms with van der Waals surface area (Å²) < 4.78 is 7.65. The predicted octanol–water partition coefficient (Wildman–Crippen LogP) is 5.01. The van der Waals surface area contributed by atoms with Crippen LogP contribution in [0.4, 0.5) is 5.82 Å². The first kappa shape index (κ1) is 24.5. The fourth-order valence-electron chi connectivity index (χ4n) is 6.20. The van der Waals surface area contributed by atoms with Crippen molar-refractivity contribution < 1.29 is 4.74 Å². The number of aromatic nitrogens is 6. The monoisotopic (exact) mass is 542 g/mol. The Balaban J connectivity index is 1.19. The predicted molar refractivity (Wildman–Crippen MR) is 153 cm³/mol. The molecule has 39 heavy (non-hydrogen) atoms. The first-order valence-electron chi connectivity index (χ1n) is 13.7. The van der Waals surface area contributed by atoms with Gasteiger partial charge in [-0.15, -0.1) is 0 Å². The molecule has 3 aromatic heterocycles. The minimum absolute atomic E-state index is 0.285. The molecule has 200 valence electrons. The van der Waals surface area contributed by atoms with Gasteiger partial charge in [-0.2, -0.15) is 5.10 Å². The van der Waals surface area contributed by atoms with Crippen LogP contribution in [0.25, 0.3) is 33.3 Å². The molecule has 0 radical (unpaired) electrons. The van der Waals surface area contributed by atoms with Gasteiger partial charge < -0.3 is 15.5 Å². The number of nitrogens with two attached hydrogens (primary N) is 1. The molecule has 2 aliphatic rings. The smallest absolute Gasteiger partial charge is 0.164 e. The number of anilines is 1. The van der Waals surface area contributed by atoms with Gasteiger partial charge in [-0.25, -0.2) is 19.6 Å². The molecule has 9 nitrogen and oxygen atoms in total. The summed E-state index contributed by atoms with van der Waals surface area (Å²) in [5.41, 5.74) is 12.0. The molecule has 10 heteroatoms. The van der Waals surface area contributed by atoms with E-state index >= 15 is 0 Å². The molecule has 1 aliphatic carbocycles. The second-order valence-electron chi connectivity index (χ2n) is 10.6. The second kappa shape index (κ2) is 10.2. The van der Waals surface area contributed by atoms with E-state index in [-0.39, 0.29) is 6.04 Å². The third kappa shape index (κ3) is 4.75. The third-order valence-electron chi connectivity index (χ3n) is 8.16. The third-order valence-corrected chi connectivity index (χ3v) is 8.39. The van der Waals surface area contributed by atoms with Crippen LogP contribution in [0.5, 0.6) is 0 Å². The number of benzene rings is 2. The van der Waals surface area contributed by atoms with Crippen LogP contribution < -0.4 is 5.73 Å². The molecule has 1 saturated heterocycles. The van der Waals surface area contributed by atoms with Gasteiger partial charge in [-0.3, -0.25) is 4.90 Å². The highest BCUT2D eigenvalue weighted by Gasteiger charge is 2.30. The van der Waals surface area contributed by atoms with Crippen molar-refractivity contribution in [3.63, 3.8) is 0 Å². The molecule has 1 saturated carbocycles. The van der Waals surface area contributed by atoms with Crippen molar-refractivity contribution in [2.75, 3.05) is 32.0 Å². The summed E-state index contributed by atoms with van der Waals surface area (Å²) in [7, 11) is 0. The number of aromatic amines is 1. The summed E-state index contributed by atoms with van der Waals surface area (Å²) in [5, 5.41) is 6.66. The van der Waals surface area contributed by atoms with E-state index in [4.69, 9.17) is 32.2 Å². The van der Waals surface area contributed by atoms with Crippen molar-refractivity contribution in [1.82, 2.24) is 34.6 Å². The number of H-pyrrole nitrogens is 1. The van der Waals surface area contributed by atoms with Gasteiger partial charge in [0, 0.05) is 36.1 Å². The number of nitrogens with one attached hydrogen (secondary N) is 1. The van der Waals surface area contributed by atoms with Gasteiger partial charge >= 0.3 is 0 Å². The maximum absolute atomic E-state index is 6.42. The number of imidazole rings is 1. The van der Waals surface area contributed by atoms with E-state index in [0.29, 0.717) is 18.3 Å². The van der Waals surface area contributed by atoms with Gasteiger partial charge in [0.05, 0.1) is 35.7 Å². The lowest BCUT2D eigenvalue weighted by Gasteiger charge is -2.38.